The maximum absolute atomic E-state index is 13.0. The molecule has 0 radical (unpaired) electrons. The lowest BCUT2D eigenvalue weighted by molar-refractivity contribution is -0.126. The minimum Gasteiger partial charge on any atom is -0.490 e. The number of likely N-dealkylation sites (tertiary alicyclic amines) is 1. The molecule has 30 heavy (non-hydrogen) atoms. The largest absolute Gasteiger partial charge is 0.490 e. The molecular weight excluding hydrogens is 378 g/mol. The molecule has 2 aliphatic rings. The summed E-state index contributed by atoms with van der Waals surface area (Å²) in [6.45, 7) is 2.97. The average molecular weight is 408 g/mol. The molecule has 0 bridgehead atoms. The Balaban J connectivity index is 1.22. The van der Waals surface area contributed by atoms with Gasteiger partial charge in [0.2, 0.25) is 5.91 Å². The normalized spacial score (nSPS) is 16.5. The number of fused-ring (bicyclic) bond motifs is 1. The van der Waals surface area contributed by atoms with Crippen LogP contribution in [0.4, 0.5) is 10.5 Å². The molecule has 4 rings (SSSR count). The first-order valence-corrected chi connectivity index (χ1v) is 10.8. The van der Waals surface area contributed by atoms with Gasteiger partial charge >= 0.3 is 6.03 Å². The van der Waals surface area contributed by atoms with Crippen LogP contribution in [-0.4, -0.2) is 49.6 Å². The Hall–Kier alpha value is -3.02. The van der Waals surface area contributed by atoms with Gasteiger partial charge in [-0.1, -0.05) is 42.5 Å². The second kappa shape index (κ2) is 9.65. The fourth-order valence-electron chi connectivity index (χ4n) is 4.17. The van der Waals surface area contributed by atoms with Crippen molar-refractivity contribution in [2.24, 2.45) is 5.92 Å². The van der Waals surface area contributed by atoms with E-state index in [0.29, 0.717) is 45.6 Å². The van der Waals surface area contributed by atoms with E-state index in [2.05, 4.69) is 17.4 Å². The average Bonchev–Trinajstić information content (AvgIpc) is 2.81. The SMILES string of the molecule is O=C(NCCCc1ccccc1)C1CCN(C(=O)N2CCOc3ccccc32)CC1. The number of urea groups is 1. The first-order valence-electron chi connectivity index (χ1n) is 10.8. The lowest BCUT2D eigenvalue weighted by Gasteiger charge is -2.37. The van der Waals surface area contributed by atoms with E-state index in [1.807, 2.05) is 47.4 Å². The number of piperidine rings is 1. The number of carbonyl (C=O) groups excluding carboxylic acids is 2. The number of rotatable bonds is 5. The molecular formula is C24H29N3O3. The van der Waals surface area contributed by atoms with Gasteiger partial charge in [0.25, 0.3) is 0 Å². The van der Waals surface area contributed by atoms with E-state index in [1.54, 1.807) is 4.90 Å². The van der Waals surface area contributed by atoms with Crippen LogP contribution in [0.2, 0.25) is 0 Å². The predicted molar refractivity (Wildman–Crippen MR) is 117 cm³/mol. The van der Waals surface area contributed by atoms with E-state index in [4.69, 9.17) is 4.74 Å². The van der Waals surface area contributed by atoms with Crippen LogP contribution in [0.5, 0.6) is 5.75 Å². The molecule has 0 unspecified atom stereocenters. The van der Waals surface area contributed by atoms with Crippen molar-refractivity contribution in [3.63, 3.8) is 0 Å². The minimum absolute atomic E-state index is 0.00692. The molecule has 2 aromatic rings. The quantitative estimate of drug-likeness (QED) is 0.772. The molecule has 2 heterocycles. The molecule has 0 aliphatic carbocycles. The van der Waals surface area contributed by atoms with Gasteiger partial charge in [0.05, 0.1) is 12.2 Å². The molecule has 1 fully saturated rings. The van der Waals surface area contributed by atoms with E-state index in [1.165, 1.54) is 5.56 Å². The Morgan fingerprint density at radius 1 is 0.967 bits per heavy atom. The third-order valence-corrected chi connectivity index (χ3v) is 5.88. The third-order valence-electron chi connectivity index (χ3n) is 5.88. The summed E-state index contributed by atoms with van der Waals surface area (Å²) < 4.78 is 5.65. The van der Waals surface area contributed by atoms with E-state index >= 15 is 0 Å². The molecule has 2 aliphatic heterocycles. The van der Waals surface area contributed by atoms with Crippen molar-refractivity contribution in [1.82, 2.24) is 10.2 Å². The molecule has 1 saturated heterocycles. The second-order valence-corrected chi connectivity index (χ2v) is 7.89. The number of para-hydroxylation sites is 2. The summed E-state index contributed by atoms with van der Waals surface area (Å²) in [5, 5.41) is 3.07. The van der Waals surface area contributed by atoms with Crippen molar-refractivity contribution in [3.05, 3.63) is 60.2 Å². The lowest BCUT2D eigenvalue weighted by atomic mass is 9.96. The summed E-state index contributed by atoms with van der Waals surface area (Å²) in [4.78, 5) is 29.2. The summed E-state index contributed by atoms with van der Waals surface area (Å²) >= 11 is 0. The molecule has 1 N–H and O–H groups in total. The molecule has 2 aromatic carbocycles. The maximum Gasteiger partial charge on any atom is 0.324 e. The zero-order valence-electron chi connectivity index (χ0n) is 17.3. The van der Waals surface area contributed by atoms with Crippen molar-refractivity contribution in [2.75, 3.05) is 37.7 Å². The van der Waals surface area contributed by atoms with Crippen LogP contribution in [0.3, 0.4) is 0 Å². The molecule has 6 nitrogen and oxygen atoms in total. The first-order chi connectivity index (χ1) is 14.7. The number of aryl methyl sites for hydroxylation is 1. The summed E-state index contributed by atoms with van der Waals surface area (Å²) in [6.07, 6.45) is 3.32. The summed E-state index contributed by atoms with van der Waals surface area (Å²) in [7, 11) is 0. The highest BCUT2D eigenvalue weighted by Gasteiger charge is 2.32. The summed E-state index contributed by atoms with van der Waals surface area (Å²) in [5.41, 5.74) is 2.12. The molecule has 0 spiro atoms. The van der Waals surface area contributed by atoms with Crippen LogP contribution < -0.4 is 15.0 Å². The Bertz CT molecular complexity index is 863. The number of nitrogens with zero attached hydrogens (tertiary/aromatic N) is 2. The van der Waals surface area contributed by atoms with E-state index in [-0.39, 0.29) is 17.9 Å². The second-order valence-electron chi connectivity index (χ2n) is 7.89. The Labute approximate surface area is 177 Å². The van der Waals surface area contributed by atoms with E-state index < -0.39 is 0 Å². The molecule has 0 aromatic heterocycles. The number of anilines is 1. The van der Waals surface area contributed by atoms with Crippen molar-refractivity contribution in [2.45, 2.75) is 25.7 Å². The number of ether oxygens (including phenoxy) is 1. The maximum atomic E-state index is 13.0. The fraction of sp³-hybridized carbons (Fsp3) is 0.417. The van der Waals surface area contributed by atoms with Crippen LogP contribution >= 0.6 is 0 Å². The standard InChI is InChI=1S/C24H29N3O3/c28-23(25-14-6-9-19-7-2-1-3-8-19)20-12-15-26(16-13-20)24(29)27-17-18-30-22-11-5-4-10-21(22)27/h1-5,7-8,10-11,20H,6,9,12-18H2,(H,25,28). The predicted octanol–water partition coefficient (Wildman–Crippen LogP) is 3.47. The van der Waals surface area contributed by atoms with Gasteiger partial charge in [0.1, 0.15) is 12.4 Å². The van der Waals surface area contributed by atoms with Gasteiger partial charge in [0, 0.05) is 25.6 Å². The van der Waals surface area contributed by atoms with Crippen LogP contribution in [-0.2, 0) is 11.2 Å². The van der Waals surface area contributed by atoms with E-state index in [0.717, 1.165) is 24.3 Å². The van der Waals surface area contributed by atoms with Gasteiger partial charge in [-0.3, -0.25) is 9.69 Å². The van der Waals surface area contributed by atoms with Gasteiger partial charge in [-0.2, -0.15) is 0 Å². The van der Waals surface area contributed by atoms with Crippen LogP contribution in [0.1, 0.15) is 24.8 Å². The molecule has 158 valence electrons. The zero-order valence-corrected chi connectivity index (χ0v) is 17.3. The van der Waals surface area contributed by atoms with Gasteiger partial charge < -0.3 is 15.0 Å². The Morgan fingerprint density at radius 2 is 1.70 bits per heavy atom. The van der Waals surface area contributed by atoms with Crippen LogP contribution in [0, 0.1) is 5.92 Å². The van der Waals surface area contributed by atoms with Crippen molar-refractivity contribution < 1.29 is 14.3 Å². The number of hydrogen-bond acceptors (Lipinski definition) is 3. The van der Waals surface area contributed by atoms with Crippen LogP contribution in [0.15, 0.2) is 54.6 Å². The molecule has 3 amide bonds. The Kier molecular flexibility index (Phi) is 6.52. The fourth-order valence-corrected chi connectivity index (χ4v) is 4.17. The van der Waals surface area contributed by atoms with Gasteiger partial charge in [-0.05, 0) is 43.4 Å². The number of hydrogen-bond donors (Lipinski definition) is 1. The number of amides is 3. The smallest absolute Gasteiger partial charge is 0.324 e. The van der Waals surface area contributed by atoms with Crippen molar-refractivity contribution in [3.8, 4) is 5.75 Å². The molecule has 0 atom stereocenters. The van der Waals surface area contributed by atoms with Gasteiger partial charge in [-0.25, -0.2) is 4.79 Å². The number of nitrogens with one attached hydrogen (secondary N) is 1. The monoisotopic (exact) mass is 407 g/mol. The first kappa shape index (κ1) is 20.3. The summed E-state index contributed by atoms with van der Waals surface area (Å²) in [5.74, 6) is 0.858. The van der Waals surface area contributed by atoms with Gasteiger partial charge in [0.15, 0.2) is 0 Å². The van der Waals surface area contributed by atoms with Crippen LogP contribution in [0.25, 0.3) is 0 Å². The zero-order chi connectivity index (χ0) is 20.8. The van der Waals surface area contributed by atoms with Gasteiger partial charge in [-0.15, -0.1) is 0 Å². The third kappa shape index (κ3) is 4.75. The minimum atomic E-state index is -0.0113. The molecule has 6 heteroatoms. The van der Waals surface area contributed by atoms with Crippen molar-refractivity contribution in [1.29, 1.82) is 0 Å². The highest BCUT2D eigenvalue weighted by Crippen LogP contribution is 2.32. The number of carbonyl (C=O) groups is 2. The van der Waals surface area contributed by atoms with E-state index in [9.17, 15) is 9.59 Å². The Morgan fingerprint density at radius 3 is 2.50 bits per heavy atom. The highest BCUT2D eigenvalue weighted by atomic mass is 16.5. The topological polar surface area (TPSA) is 61.9 Å². The molecule has 0 saturated carbocycles. The van der Waals surface area contributed by atoms with Crippen molar-refractivity contribution >= 4 is 17.6 Å². The lowest BCUT2D eigenvalue weighted by Crippen LogP contribution is -2.50. The number of benzene rings is 2. The highest BCUT2D eigenvalue weighted by molar-refractivity contribution is 5.94. The summed E-state index contributed by atoms with van der Waals surface area (Å²) in [6, 6.07) is 18.0.